The fourth-order valence-electron chi connectivity index (χ4n) is 3.65. The molecule has 1 aliphatic rings. The van der Waals surface area contributed by atoms with E-state index in [9.17, 15) is 17.6 Å². The standard InChI is InChI=1S/C22H27FN2O5S/c1-15(17-4-9-20(29-2)21(14-17)30-3)24-22(26)16-10-12-25(13-11-16)31(27,28)19-7-5-18(23)6-8-19/h4-9,14-16H,10-13H2,1-3H3,(H,24,26)/t15-/m1/s1. The van der Waals surface area contributed by atoms with E-state index < -0.39 is 15.8 Å². The molecule has 31 heavy (non-hydrogen) atoms. The van der Waals surface area contributed by atoms with Crippen molar-refractivity contribution in [3.63, 3.8) is 0 Å². The van der Waals surface area contributed by atoms with Crippen LogP contribution in [-0.4, -0.2) is 45.9 Å². The molecule has 1 saturated heterocycles. The molecule has 1 heterocycles. The summed E-state index contributed by atoms with van der Waals surface area (Å²) in [5, 5.41) is 3.00. The van der Waals surface area contributed by atoms with Crippen molar-refractivity contribution in [1.29, 1.82) is 0 Å². The minimum atomic E-state index is -3.70. The summed E-state index contributed by atoms with van der Waals surface area (Å²) >= 11 is 0. The van der Waals surface area contributed by atoms with Crippen LogP contribution < -0.4 is 14.8 Å². The topological polar surface area (TPSA) is 84.9 Å². The van der Waals surface area contributed by atoms with Crippen molar-refractivity contribution in [2.24, 2.45) is 5.92 Å². The van der Waals surface area contributed by atoms with Gasteiger partial charge in [-0.2, -0.15) is 4.31 Å². The van der Waals surface area contributed by atoms with Crippen LogP contribution in [-0.2, 0) is 14.8 Å². The van der Waals surface area contributed by atoms with Gasteiger partial charge in [0.05, 0.1) is 25.2 Å². The van der Waals surface area contributed by atoms with Crippen LogP contribution in [0, 0.1) is 11.7 Å². The van der Waals surface area contributed by atoms with Crippen LogP contribution in [0.5, 0.6) is 11.5 Å². The van der Waals surface area contributed by atoms with Crippen LogP contribution in [0.2, 0.25) is 0 Å². The molecule has 1 amide bonds. The molecule has 0 unspecified atom stereocenters. The molecule has 1 atom stereocenters. The van der Waals surface area contributed by atoms with E-state index in [-0.39, 0.29) is 35.9 Å². The summed E-state index contributed by atoms with van der Waals surface area (Å²) < 4.78 is 50.5. The molecule has 7 nitrogen and oxygen atoms in total. The molecule has 0 radical (unpaired) electrons. The summed E-state index contributed by atoms with van der Waals surface area (Å²) in [5.74, 6) is 0.321. The minimum Gasteiger partial charge on any atom is -0.493 e. The van der Waals surface area contributed by atoms with Gasteiger partial charge in [0.1, 0.15) is 5.82 Å². The van der Waals surface area contributed by atoms with Crippen molar-refractivity contribution in [3.05, 3.63) is 53.8 Å². The van der Waals surface area contributed by atoms with Crippen LogP contribution in [0.15, 0.2) is 47.4 Å². The Balaban J connectivity index is 1.59. The monoisotopic (exact) mass is 450 g/mol. The van der Waals surface area contributed by atoms with Gasteiger partial charge in [-0.3, -0.25) is 4.79 Å². The highest BCUT2D eigenvalue weighted by molar-refractivity contribution is 7.89. The Morgan fingerprint density at radius 2 is 1.68 bits per heavy atom. The van der Waals surface area contributed by atoms with E-state index in [0.717, 1.165) is 17.7 Å². The molecule has 1 N–H and O–H groups in total. The number of ether oxygens (including phenoxy) is 2. The SMILES string of the molecule is COc1ccc([C@@H](C)NC(=O)C2CCN(S(=O)(=O)c3ccc(F)cc3)CC2)cc1OC. The lowest BCUT2D eigenvalue weighted by Gasteiger charge is -2.31. The zero-order chi connectivity index (χ0) is 22.6. The highest BCUT2D eigenvalue weighted by Gasteiger charge is 2.32. The Bertz CT molecular complexity index is 1020. The van der Waals surface area contributed by atoms with Crippen molar-refractivity contribution < 1.29 is 27.1 Å². The number of carbonyl (C=O) groups is 1. The van der Waals surface area contributed by atoms with Crippen LogP contribution in [0.1, 0.15) is 31.4 Å². The second kappa shape index (κ2) is 9.65. The van der Waals surface area contributed by atoms with Gasteiger partial charge in [0.25, 0.3) is 0 Å². The second-order valence-corrected chi connectivity index (χ2v) is 9.41. The molecular weight excluding hydrogens is 423 g/mol. The fraction of sp³-hybridized carbons (Fsp3) is 0.409. The predicted octanol–water partition coefficient (Wildman–Crippen LogP) is 3.12. The Morgan fingerprint density at radius 3 is 2.26 bits per heavy atom. The Labute approximate surface area is 182 Å². The highest BCUT2D eigenvalue weighted by atomic mass is 32.2. The lowest BCUT2D eigenvalue weighted by molar-refractivity contribution is -0.126. The molecule has 2 aromatic carbocycles. The molecule has 168 valence electrons. The maximum absolute atomic E-state index is 13.1. The molecule has 2 aromatic rings. The zero-order valence-corrected chi connectivity index (χ0v) is 18.6. The number of nitrogens with one attached hydrogen (secondary N) is 1. The third-order valence-electron chi connectivity index (χ3n) is 5.54. The Hall–Kier alpha value is -2.65. The van der Waals surface area contributed by atoms with Crippen molar-refractivity contribution in [3.8, 4) is 11.5 Å². The number of rotatable bonds is 7. The number of benzene rings is 2. The van der Waals surface area contributed by atoms with Crippen LogP contribution in [0.25, 0.3) is 0 Å². The maximum Gasteiger partial charge on any atom is 0.243 e. The van der Waals surface area contributed by atoms with Crippen molar-refractivity contribution >= 4 is 15.9 Å². The first-order valence-electron chi connectivity index (χ1n) is 10.0. The third-order valence-corrected chi connectivity index (χ3v) is 7.46. The van der Waals surface area contributed by atoms with Gasteiger partial charge in [0, 0.05) is 19.0 Å². The fourth-order valence-corrected chi connectivity index (χ4v) is 5.12. The molecule has 0 spiro atoms. The van der Waals surface area contributed by atoms with Gasteiger partial charge in [-0.15, -0.1) is 0 Å². The molecule has 3 rings (SSSR count). The van der Waals surface area contributed by atoms with Gasteiger partial charge >= 0.3 is 0 Å². The van der Waals surface area contributed by atoms with Gasteiger partial charge in [-0.05, 0) is 61.7 Å². The first-order valence-corrected chi connectivity index (χ1v) is 11.5. The number of hydrogen-bond acceptors (Lipinski definition) is 5. The summed E-state index contributed by atoms with van der Waals surface area (Å²) in [6, 6.07) is 10.0. The van der Waals surface area contributed by atoms with Gasteiger partial charge in [0.15, 0.2) is 11.5 Å². The molecule has 0 saturated carbocycles. The number of amides is 1. The Kier molecular flexibility index (Phi) is 7.17. The maximum atomic E-state index is 13.1. The molecule has 1 fully saturated rings. The lowest BCUT2D eigenvalue weighted by Crippen LogP contribution is -2.43. The number of halogens is 1. The van der Waals surface area contributed by atoms with E-state index in [2.05, 4.69) is 5.32 Å². The van der Waals surface area contributed by atoms with Crippen LogP contribution in [0.4, 0.5) is 4.39 Å². The predicted molar refractivity (Wildman–Crippen MR) is 114 cm³/mol. The summed E-state index contributed by atoms with van der Waals surface area (Å²) in [4.78, 5) is 12.8. The van der Waals surface area contributed by atoms with Crippen molar-refractivity contribution in [1.82, 2.24) is 9.62 Å². The normalized spacial score (nSPS) is 16.5. The number of nitrogens with zero attached hydrogens (tertiary/aromatic N) is 1. The van der Waals surface area contributed by atoms with Gasteiger partial charge in [-0.25, -0.2) is 12.8 Å². The van der Waals surface area contributed by atoms with Crippen molar-refractivity contribution in [2.45, 2.75) is 30.7 Å². The van der Waals surface area contributed by atoms with Gasteiger partial charge in [0.2, 0.25) is 15.9 Å². The molecule has 0 aromatic heterocycles. The number of piperidine rings is 1. The first-order chi connectivity index (χ1) is 14.8. The summed E-state index contributed by atoms with van der Waals surface area (Å²) in [5.41, 5.74) is 0.877. The van der Waals surface area contributed by atoms with E-state index in [4.69, 9.17) is 9.47 Å². The number of hydrogen-bond donors (Lipinski definition) is 1. The van der Waals surface area contributed by atoms with Crippen LogP contribution >= 0.6 is 0 Å². The van der Waals surface area contributed by atoms with Crippen molar-refractivity contribution in [2.75, 3.05) is 27.3 Å². The van der Waals surface area contributed by atoms with E-state index in [1.807, 2.05) is 19.1 Å². The summed E-state index contributed by atoms with van der Waals surface area (Å²) in [7, 11) is -0.584. The molecule has 1 aliphatic heterocycles. The smallest absolute Gasteiger partial charge is 0.243 e. The minimum absolute atomic E-state index is 0.0545. The zero-order valence-electron chi connectivity index (χ0n) is 17.8. The van der Waals surface area contributed by atoms with Crippen LogP contribution in [0.3, 0.4) is 0 Å². The molecule has 0 aliphatic carbocycles. The summed E-state index contributed by atoms with van der Waals surface area (Å²) in [6.07, 6.45) is 0.843. The molecular formula is C22H27FN2O5S. The van der Waals surface area contributed by atoms with E-state index in [1.54, 1.807) is 20.3 Å². The average molecular weight is 451 g/mol. The number of methoxy groups -OCH3 is 2. The van der Waals surface area contributed by atoms with E-state index in [0.29, 0.717) is 24.3 Å². The molecule has 9 heteroatoms. The number of carbonyl (C=O) groups excluding carboxylic acids is 1. The van der Waals surface area contributed by atoms with E-state index in [1.165, 1.54) is 16.4 Å². The number of sulfonamides is 1. The third kappa shape index (κ3) is 5.16. The Morgan fingerprint density at radius 1 is 1.06 bits per heavy atom. The first kappa shape index (κ1) is 23.0. The lowest BCUT2D eigenvalue weighted by atomic mass is 9.96. The van der Waals surface area contributed by atoms with Gasteiger partial charge < -0.3 is 14.8 Å². The van der Waals surface area contributed by atoms with E-state index >= 15 is 0 Å². The quantitative estimate of drug-likeness (QED) is 0.701. The molecule has 0 bridgehead atoms. The second-order valence-electron chi connectivity index (χ2n) is 7.48. The largest absolute Gasteiger partial charge is 0.493 e. The average Bonchev–Trinajstić information content (AvgIpc) is 2.78. The van der Waals surface area contributed by atoms with Gasteiger partial charge in [-0.1, -0.05) is 6.07 Å². The highest BCUT2D eigenvalue weighted by Crippen LogP contribution is 2.30. The summed E-state index contributed by atoms with van der Waals surface area (Å²) in [6.45, 7) is 2.36.